The topological polar surface area (TPSA) is 90.1 Å². The molecule has 0 aliphatic carbocycles. The number of halogens is 1. The van der Waals surface area contributed by atoms with Gasteiger partial charge in [0.15, 0.2) is 0 Å². The third-order valence-corrected chi connectivity index (χ3v) is 5.21. The van der Waals surface area contributed by atoms with E-state index in [-0.39, 0.29) is 12.3 Å². The molecule has 0 aliphatic heterocycles. The van der Waals surface area contributed by atoms with Crippen LogP contribution in [0, 0.1) is 6.92 Å². The number of hydrogen-bond donors (Lipinski definition) is 1. The summed E-state index contributed by atoms with van der Waals surface area (Å²) in [5.41, 5.74) is 1.99. The summed E-state index contributed by atoms with van der Waals surface area (Å²) in [4.78, 5) is 21.2. The number of benzene rings is 2. The molecule has 0 atom stereocenters. The second-order valence-electron chi connectivity index (χ2n) is 6.38. The molecule has 4 aromatic rings. The summed E-state index contributed by atoms with van der Waals surface area (Å²) in [5.74, 6) is 1.42. The van der Waals surface area contributed by atoms with E-state index in [1.54, 1.807) is 37.3 Å². The Morgan fingerprint density at radius 1 is 1.17 bits per heavy atom. The van der Waals surface area contributed by atoms with Crippen molar-refractivity contribution in [2.75, 3.05) is 5.32 Å². The maximum Gasteiger partial charge on any atom is 0.230 e. The van der Waals surface area contributed by atoms with Crippen LogP contribution in [0.5, 0.6) is 5.75 Å². The lowest BCUT2D eigenvalue weighted by atomic mass is 10.1. The average molecular weight is 441 g/mol. The average Bonchev–Trinajstić information content (AvgIpc) is 3.37. The minimum atomic E-state index is -0.182. The first-order valence-electron chi connectivity index (χ1n) is 9.08. The van der Waals surface area contributed by atoms with Crippen molar-refractivity contribution >= 4 is 34.5 Å². The molecule has 0 spiro atoms. The molecule has 152 valence electrons. The molecule has 0 bridgehead atoms. The molecule has 0 unspecified atom stereocenters. The van der Waals surface area contributed by atoms with Gasteiger partial charge in [-0.3, -0.25) is 4.79 Å². The molecule has 0 saturated heterocycles. The van der Waals surface area contributed by atoms with E-state index in [2.05, 4.69) is 20.4 Å². The van der Waals surface area contributed by atoms with Crippen LogP contribution in [0.3, 0.4) is 0 Å². The minimum absolute atomic E-state index is 0.150. The number of carbonyl (C=O) groups is 1. The number of aromatic nitrogens is 3. The first kappa shape index (κ1) is 20.1. The second kappa shape index (κ2) is 9.06. The van der Waals surface area contributed by atoms with Gasteiger partial charge in [-0.1, -0.05) is 28.9 Å². The maximum atomic E-state index is 12.5. The number of ether oxygens (including phenoxy) is 1. The van der Waals surface area contributed by atoms with Crippen LogP contribution in [0.1, 0.15) is 16.6 Å². The Morgan fingerprint density at radius 2 is 1.97 bits per heavy atom. The predicted molar refractivity (Wildman–Crippen MR) is 115 cm³/mol. The Morgan fingerprint density at radius 3 is 2.73 bits per heavy atom. The van der Waals surface area contributed by atoms with Gasteiger partial charge in [-0.15, -0.1) is 11.3 Å². The Bertz CT molecular complexity index is 1160. The fourth-order valence-electron chi connectivity index (χ4n) is 2.73. The molecular weight excluding hydrogens is 424 g/mol. The van der Waals surface area contributed by atoms with E-state index in [1.807, 2.05) is 23.6 Å². The van der Waals surface area contributed by atoms with Gasteiger partial charge in [0.1, 0.15) is 17.4 Å². The molecule has 4 rings (SSSR count). The molecule has 0 fully saturated rings. The molecule has 2 aromatic heterocycles. The van der Waals surface area contributed by atoms with Gasteiger partial charge in [-0.05, 0) is 36.4 Å². The molecule has 1 N–H and O–H groups in total. The van der Waals surface area contributed by atoms with E-state index in [0.717, 1.165) is 5.01 Å². The molecule has 9 heteroatoms. The summed E-state index contributed by atoms with van der Waals surface area (Å²) < 4.78 is 10.7. The van der Waals surface area contributed by atoms with E-state index in [4.69, 9.17) is 20.9 Å². The van der Waals surface area contributed by atoms with Crippen molar-refractivity contribution in [3.8, 4) is 17.1 Å². The quantitative estimate of drug-likeness (QED) is 0.439. The van der Waals surface area contributed by atoms with Crippen LogP contribution < -0.4 is 10.1 Å². The number of hydrogen-bond acceptors (Lipinski definition) is 7. The Kier molecular flexibility index (Phi) is 6.06. The number of thiazole rings is 1. The maximum absolute atomic E-state index is 12.5. The third-order valence-electron chi connectivity index (χ3n) is 4.09. The number of rotatable bonds is 7. The molecule has 0 saturated carbocycles. The van der Waals surface area contributed by atoms with E-state index in [9.17, 15) is 4.79 Å². The van der Waals surface area contributed by atoms with Crippen molar-refractivity contribution in [1.82, 2.24) is 15.1 Å². The molecule has 2 heterocycles. The van der Waals surface area contributed by atoms with E-state index in [1.165, 1.54) is 11.3 Å². The summed E-state index contributed by atoms with van der Waals surface area (Å²) in [6.45, 7) is 2.04. The van der Waals surface area contributed by atoms with Crippen LogP contribution in [-0.2, 0) is 17.8 Å². The van der Waals surface area contributed by atoms with Gasteiger partial charge in [0, 0.05) is 22.9 Å². The number of anilines is 1. The van der Waals surface area contributed by atoms with Crippen molar-refractivity contribution in [1.29, 1.82) is 0 Å². The van der Waals surface area contributed by atoms with Crippen LogP contribution in [-0.4, -0.2) is 21.0 Å². The largest absolute Gasteiger partial charge is 0.486 e. The van der Waals surface area contributed by atoms with Gasteiger partial charge >= 0.3 is 0 Å². The van der Waals surface area contributed by atoms with E-state index >= 15 is 0 Å². The SMILES string of the molecule is Cc1nc(-c2ccccc2NC(=O)Cc2csc(COc3ccc(Cl)cc3)n2)no1. The van der Waals surface area contributed by atoms with Gasteiger partial charge in [-0.2, -0.15) is 4.98 Å². The van der Waals surface area contributed by atoms with Gasteiger partial charge in [0.2, 0.25) is 17.6 Å². The van der Waals surface area contributed by atoms with Crippen molar-refractivity contribution in [3.05, 3.63) is 75.5 Å². The van der Waals surface area contributed by atoms with Crippen molar-refractivity contribution in [3.63, 3.8) is 0 Å². The molecular formula is C21H17ClN4O3S. The molecule has 2 aromatic carbocycles. The molecule has 30 heavy (non-hydrogen) atoms. The van der Waals surface area contributed by atoms with Crippen molar-refractivity contribution < 1.29 is 14.1 Å². The smallest absolute Gasteiger partial charge is 0.230 e. The fourth-order valence-corrected chi connectivity index (χ4v) is 3.56. The van der Waals surface area contributed by atoms with Crippen LogP contribution >= 0.6 is 22.9 Å². The zero-order chi connectivity index (χ0) is 20.9. The van der Waals surface area contributed by atoms with Crippen molar-refractivity contribution in [2.24, 2.45) is 0 Å². The van der Waals surface area contributed by atoms with E-state index in [0.29, 0.717) is 46.0 Å². The van der Waals surface area contributed by atoms with Gasteiger partial charge < -0.3 is 14.6 Å². The first-order chi connectivity index (χ1) is 14.6. The lowest BCUT2D eigenvalue weighted by Gasteiger charge is -2.08. The Hall–Kier alpha value is -3.23. The third kappa shape index (κ3) is 5.03. The summed E-state index contributed by atoms with van der Waals surface area (Å²) >= 11 is 7.32. The van der Waals surface area contributed by atoms with Crippen LogP contribution in [0.2, 0.25) is 5.02 Å². The Labute approximate surface area is 181 Å². The normalized spacial score (nSPS) is 10.7. The van der Waals surface area contributed by atoms with E-state index < -0.39 is 0 Å². The highest BCUT2D eigenvalue weighted by Crippen LogP contribution is 2.25. The highest BCUT2D eigenvalue weighted by Gasteiger charge is 2.14. The number of aryl methyl sites for hydroxylation is 1. The highest BCUT2D eigenvalue weighted by molar-refractivity contribution is 7.09. The number of carbonyl (C=O) groups excluding carboxylic acids is 1. The highest BCUT2D eigenvalue weighted by atomic mass is 35.5. The van der Waals surface area contributed by atoms with Crippen LogP contribution in [0.4, 0.5) is 5.69 Å². The molecule has 7 nitrogen and oxygen atoms in total. The standard InChI is InChI=1S/C21H17ClN4O3S/c1-13-23-21(26-29-13)17-4-2-3-5-18(17)25-19(27)10-15-12-30-20(24-15)11-28-16-8-6-14(22)7-9-16/h2-9,12H,10-11H2,1H3,(H,25,27). The molecule has 0 radical (unpaired) electrons. The summed E-state index contributed by atoms with van der Waals surface area (Å²) in [7, 11) is 0. The monoisotopic (exact) mass is 440 g/mol. The second-order valence-corrected chi connectivity index (χ2v) is 7.76. The summed E-state index contributed by atoms with van der Waals surface area (Å²) in [6.07, 6.45) is 0.150. The summed E-state index contributed by atoms with van der Waals surface area (Å²) in [6, 6.07) is 14.4. The zero-order valence-corrected chi connectivity index (χ0v) is 17.5. The van der Waals surface area contributed by atoms with Crippen LogP contribution in [0.15, 0.2) is 58.4 Å². The first-order valence-corrected chi connectivity index (χ1v) is 10.3. The zero-order valence-electron chi connectivity index (χ0n) is 16.0. The number of nitrogens with one attached hydrogen (secondary N) is 1. The van der Waals surface area contributed by atoms with Crippen molar-refractivity contribution in [2.45, 2.75) is 20.0 Å². The summed E-state index contributed by atoms with van der Waals surface area (Å²) in [5, 5.41) is 10.1. The van der Waals surface area contributed by atoms with Crippen LogP contribution in [0.25, 0.3) is 11.4 Å². The lowest BCUT2D eigenvalue weighted by Crippen LogP contribution is -2.15. The Balaban J connectivity index is 1.37. The number of amides is 1. The minimum Gasteiger partial charge on any atom is -0.486 e. The molecule has 0 aliphatic rings. The fraction of sp³-hybridized carbons (Fsp3) is 0.143. The molecule has 1 amide bonds. The number of para-hydroxylation sites is 1. The van der Waals surface area contributed by atoms with Gasteiger partial charge in [-0.25, -0.2) is 4.98 Å². The van der Waals surface area contributed by atoms with Gasteiger partial charge in [0.25, 0.3) is 0 Å². The predicted octanol–water partition coefficient (Wildman–Crippen LogP) is 4.92. The lowest BCUT2D eigenvalue weighted by molar-refractivity contribution is -0.115. The van der Waals surface area contributed by atoms with Gasteiger partial charge in [0.05, 0.1) is 17.8 Å². The number of nitrogens with zero attached hydrogens (tertiary/aromatic N) is 3.